The molecule has 2 amide bonds. The summed E-state index contributed by atoms with van der Waals surface area (Å²) in [4.78, 5) is 39.0. The second-order valence-corrected chi connectivity index (χ2v) is 3.67. The minimum absolute atomic E-state index is 0.00449. The third kappa shape index (κ3) is 3.44. The van der Waals surface area contributed by atoms with E-state index in [0.717, 1.165) is 0 Å². The number of rotatable bonds is 5. The predicted molar refractivity (Wildman–Crippen MR) is 67.3 cm³/mol. The third-order valence-electron chi connectivity index (χ3n) is 2.59. The number of hydrogen-bond acceptors (Lipinski definition) is 3. The van der Waals surface area contributed by atoms with Crippen LogP contribution < -0.4 is 10.7 Å². The second kappa shape index (κ2) is 6.58. The molecule has 1 rings (SSSR count). The van der Waals surface area contributed by atoms with Crippen LogP contribution in [0, 0.1) is 0 Å². The van der Waals surface area contributed by atoms with Crippen molar-refractivity contribution in [3.8, 4) is 0 Å². The first-order valence-corrected chi connectivity index (χ1v) is 5.83. The summed E-state index contributed by atoms with van der Waals surface area (Å²) in [7, 11) is 0. The van der Waals surface area contributed by atoms with E-state index in [1.54, 1.807) is 4.90 Å². The standard InChI is InChI=1S/C12H17N3O3/c1-3-15(4-2)11(17)8-14-12(18)9-7-13-6-5-10(9)16/h5-7H,3-4,8H2,1-2H3,(H,13,16)(H,14,18). The number of hydrogen-bond donors (Lipinski definition) is 2. The van der Waals surface area contributed by atoms with Gasteiger partial charge in [0.05, 0.1) is 6.54 Å². The van der Waals surface area contributed by atoms with Crippen molar-refractivity contribution in [2.24, 2.45) is 0 Å². The Labute approximate surface area is 105 Å². The molecule has 6 heteroatoms. The Morgan fingerprint density at radius 3 is 2.56 bits per heavy atom. The van der Waals surface area contributed by atoms with Gasteiger partial charge in [0, 0.05) is 31.5 Å². The van der Waals surface area contributed by atoms with E-state index in [0.29, 0.717) is 13.1 Å². The zero-order valence-electron chi connectivity index (χ0n) is 10.5. The molecule has 0 aliphatic heterocycles. The molecule has 0 saturated heterocycles. The van der Waals surface area contributed by atoms with Gasteiger partial charge in [0.25, 0.3) is 5.91 Å². The number of aromatic nitrogens is 1. The summed E-state index contributed by atoms with van der Waals surface area (Å²) in [5.41, 5.74) is -0.369. The van der Waals surface area contributed by atoms with E-state index < -0.39 is 5.91 Å². The van der Waals surface area contributed by atoms with Crippen LogP contribution >= 0.6 is 0 Å². The van der Waals surface area contributed by atoms with E-state index in [1.807, 2.05) is 13.8 Å². The Morgan fingerprint density at radius 2 is 2.00 bits per heavy atom. The SMILES string of the molecule is CCN(CC)C(=O)CNC(=O)c1c[nH]ccc1=O. The first-order chi connectivity index (χ1) is 8.60. The Morgan fingerprint density at radius 1 is 1.33 bits per heavy atom. The van der Waals surface area contributed by atoms with Crippen LogP contribution in [0.3, 0.4) is 0 Å². The van der Waals surface area contributed by atoms with E-state index in [1.165, 1.54) is 18.5 Å². The monoisotopic (exact) mass is 251 g/mol. The molecule has 0 aliphatic carbocycles. The molecular weight excluding hydrogens is 234 g/mol. The zero-order chi connectivity index (χ0) is 13.5. The lowest BCUT2D eigenvalue weighted by atomic mass is 10.2. The minimum Gasteiger partial charge on any atom is -0.367 e. The number of amides is 2. The fraction of sp³-hybridized carbons (Fsp3) is 0.417. The lowest BCUT2D eigenvalue weighted by Crippen LogP contribution is -2.40. The van der Waals surface area contributed by atoms with Gasteiger partial charge in [-0.25, -0.2) is 0 Å². The van der Waals surface area contributed by atoms with Crippen molar-refractivity contribution >= 4 is 11.8 Å². The van der Waals surface area contributed by atoms with E-state index in [2.05, 4.69) is 10.3 Å². The second-order valence-electron chi connectivity index (χ2n) is 3.67. The zero-order valence-corrected chi connectivity index (χ0v) is 10.5. The molecule has 0 aliphatic rings. The van der Waals surface area contributed by atoms with Crippen LogP contribution in [-0.2, 0) is 4.79 Å². The smallest absolute Gasteiger partial charge is 0.257 e. The topological polar surface area (TPSA) is 82.3 Å². The minimum atomic E-state index is -0.544. The van der Waals surface area contributed by atoms with Crippen molar-refractivity contribution < 1.29 is 9.59 Å². The summed E-state index contributed by atoms with van der Waals surface area (Å²) in [6.45, 7) is 4.82. The molecule has 0 unspecified atom stereocenters. The molecule has 18 heavy (non-hydrogen) atoms. The maximum Gasteiger partial charge on any atom is 0.257 e. The van der Waals surface area contributed by atoms with Crippen molar-refractivity contribution in [3.63, 3.8) is 0 Å². The maximum atomic E-state index is 11.7. The van der Waals surface area contributed by atoms with E-state index >= 15 is 0 Å². The summed E-state index contributed by atoms with van der Waals surface area (Å²) in [5.74, 6) is -0.710. The number of likely N-dealkylation sites (N-methyl/N-ethyl adjacent to an activating group) is 1. The molecule has 6 nitrogen and oxygen atoms in total. The van der Waals surface area contributed by atoms with Crippen molar-refractivity contribution in [2.45, 2.75) is 13.8 Å². The summed E-state index contributed by atoms with van der Waals surface area (Å²) < 4.78 is 0. The number of H-pyrrole nitrogens is 1. The highest BCUT2D eigenvalue weighted by atomic mass is 16.2. The summed E-state index contributed by atoms with van der Waals surface area (Å²) in [6, 6.07) is 1.27. The van der Waals surface area contributed by atoms with Crippen LogP contribution in [-0.4, -0.2) is 41.3 Å². The Bertz CT molecular complexity index is 477. The van der Waals surface area contributed by atoms with Gasteiger partial charge in [-0.1, -0.05) is 0 Å². The third-order valence-corrected chi connectivity index (χ3v) is 2.59. The number of pyridine rings is 1. The first-order valence-electron chi connectivity index (χ1n) is 5.83. The van der Waals surface area contributed by atoms with Crippen molar-refractivity contribution in [2.75, 3.05) is 19.6 Å². The Hall–Kier alpha value is -2.11. The van der Waals surface area contributed by atoms with Crippen LogP contribution in [0.4, 0.5) is 0 Å². The summed E-state index contributed by atoms with van der Waals surface area (Å²) in [6.07, 6.45) is 2.76. The summed E-state index contributed by atoms with van der Waals surface area (Å²) in [5, 5.41) is 2.44. The number of aromatic amines is 1. The largest absolute Gasteiger partial charge is 0.367 e. The Balaban J connectivity index is 2.60. The molecule has 1 aromatic heterocycles. The molecule has 0 spiro atoms. The quantitative estimate of drug-likeness (QED) is 0.771. The highest BCUT2D eigenvalue weighted by molar-refractivity contribution is 5.96. The average molecular weight is 251 g/mol. The van der Waals surface area contributed by atoms with Crippen LogP contribution in [0.5, 0.6) is 0 Å². The van der Waals surface area contributed by atoms with Gasteiger partial charge >= 0.3 is 0 Å². The number of nitrogens with one attached hydrogen (secondary N) is 2. The van der Waals surface area contributed by atoms with Crippen LogP contribution in [0.25, 0.3) is 0 Å². The molecule has 0 saturated carbocycles. The van der Waals surface area contributed by atoms with Gasteiger partial charge in [0.2, 0.25) is 5.91 Å². The van der Waals surface area contributed by atoms with Crippen molar-refractivity contribution in [1.29, 1.82) is 0 Å². The van der Waals surface area contributed by atoms with Crippen molar-refractivity contribution in [3.05, 3.63) is 34.2 Å². The van der Waals surface area contributed by atoms with Gasteiger partial charge < -0.3 is 15.2 Å². The van der Waals surface area contributed by atoms with Crippen LogP contribution in [0.15, 0.2) is 23.3 Å². The van der Waals surface area contributed by atoms with E-state index in [4.69, 9.17) is 0 Å². The number of carbonyl (C=O) groups excluding carboxylic acids is 2. The highest BCUT2D eigenvalue weighted by Crippen LogP contribution is 1.90. The van der Waals surface area contributed by atoms with E-state index in [-0.39, 0.29) is 23.4 Å². The van der Waals surface area contributed by atoms with Gasteiger partial charge in [-0.3, -0.25) is 14.4 Å². The van der Waals surface area contributed by atoms with Gasteiger partial charge in [-0.15, -0.1) is 0 Å². The van der Waals surface area contributed by atoms with Gasteiger partial charge in [-0.05, 0) is 13.8 Å². The molecule has 2 N–H and O–H groups in total. The fourth-order valence-electron chi connectivity index (χ4n) is 1.53. The van der Waals surface area contributed by atoms with Gasteiger partial charge in [0.1, 0.15) is 5.56 Å². The molecule has 0 atom stereocenters. The molecule has 1 aromatic rings. The lowest BCUT2D eigenvalue weighted by Gasteiger charge is -2.18. The first kappa shape index (κ1) is 14.0. The fourth-order valence-corrected chi connectivity index (χ4v) is 1.53. The van der Waals surface area contributed by atoms with Crippen LogP contribution in [0.2, 0.25) is 0 Å². The molecule has 0 bridgehead atoms. The molecule has 0 radical (unpaired) electrons. The van der Waals surface area contributed by atoms with Gasteiger partial charge in [0.15, 0.2) is 5.43 Å². The maximum absolute atomic E-state index is 11.7. The molecule has 0 aromatic carbocycles. The van der Waals surface area contributed by atoms with Crippen molar-refractivity contribution in [1.82, 2.24) is 15.2 Å². The van der Waals surface area contributed by atoms with E-state index in [9.17, 15) is 14.4 Å². The normalized spacial score (nSPS) is 9.89. The number of carbonyl (C=O) groups is 2. The highest BCUT2D eigenvalue weighted by Gasteiger charge is 2.13. The summed E-state index contributed by atoms with van der Waals surface area (Å²) >= 11 is 0. The molecule has 0 fully saturated rings. The predicted octanol–water partition coefficient (Wildman–Crippen LogP) is -0.0269. The Kier molecular flexibility index (Phi) is 5.10. The molecule has 1 heterocycles. The van der Waals surface area contributed by atoms with Crippen LogP contribution in [0.1, 0.15) is 24.2 Å². The molecular formula is C12H17N3O3. The molecule has 98 valence electrons. The van der Waals surface area contributed by atoms with Gasteiger partial charge in [-0.2, -0.15) is 0 Å². The number of nitrogens with zero attached hydrogens (tertiary/aromatic N) is 1. The lowest BCUT2D eigenvalue weighted by molar-refractivity contribution is -0.129. The average Bonchev–Trinajstić information content (AvgIpc) is 2.38.